The Kier molecular flexibility index (Phi) is 2.17. The van der Waals surface area contributed by atoms with Gasteiger partial charge in [0.25, 0.3) is 0 Å². The summed E-state index contributed by atoms with van der Waals surface area (Å²) in [5.74, 6) is 1.23. The van der Waals surface area contributed by atoms with Crippen molar-refractivity contribution in [3.63, 3.8) is 0 Å². The van der Waals surface area contributed by atoms with Gasteiger partial charge in [0, 0.05) is 12.5 Å². The van der Waals surface area contributed by atoms with Crippen LogP contribution in [0.3, 0.4) is 0 Å². The lowest BCUT2D eigenvalue weighted by Crippen LogP contribution is -2.38. The van der Waals surface area contributed by atoms with Crippen LogP contribution in [-0.4, -0.2) is 0 Å². The molecule has 2 heterocycles. The summed E-state index contributed by atoms with van der Waals surface area (Å²) in [6, 6.07) is 10.2. The van der Waals surface area contributed by atoms with Gasteiger partial charge >= 0.3 is 0 Å². The van der Waals surface area contributed by atoms with E-state index in [1.807, 2.05) is 29.7 Å². The van der Waals surface area contributed by atoms with Gasteiger partial charge in [-0.1, -0.05) is 42.1 Å². The molecule has 0 saturated heterocycles. The first-order valence-corrected chi connectivity index (χ1v) is 6.19. The van der Waals surface area contributed by atoms with Gasteiger partial charge in [0.05, 0.1) is 5.75 Å². The van der Waals surface area contributed by atoms with E-state index >= 15 is 0 Å². The average Bonchev–Trinajstić information content (AvgIpc) is 2.84. The first-order valence-electron chi connectivity index (χ1n) is 5.15. The molecule has 3 nitrogen and oxygen atoms in total. The largest absolute Gasteiger partial charge is 0.540 e. The van der Waals surface area contributed by atoms with Crippen LogP contribution in [0.2, 0.25) is 0 Å². The van der Waals surface area contributed by atoms with Crippen LogP contribution < -0.4 is 9.67 Å². The van der Waals surface area contributed by atoms with Gasteiger partial charge in [-0.2, -0.15) is 4.57 Å². The molecule has 16 heavy (non-hydrogen) atoms. The zero-order valence-electron chi connectivity index (χ0n) is 8.84. The molecule has 0 bridgehead atoms. The second-order valence-electron chi connectivity index (χ2n) is 3.80. The van der Waals surface area contributed by atoms with Crippen LogP contribution in [0.1, 0.15) is 22.5 Å². The summed E-state index contributed by atoms with van der Waals surface area (Å²) >= 11 is 1.76. The van der Waals surface area contributed by atoms with E-state index in [0.29, 0.717) is 5.89 Å². The summed E-state index contributed by atoms with van der Waals surface area (Å²) in [6.07, 6.45) is 0. The Balaban J connectivity index is 2.10. The monoisotopic (exact) mass is 233 g/mol. The van der Waals surface area contributed by atoms with E-state index in [2.05, 4.69) is 12.1 Å². The third-order valence-electron chi connectivity index (χ3n) is 2.80. The standard InChI is InChI=1S/C12H11NO2S/c1-8-13-10(12(14)15-8)7-16-11(13)9-5-3-2-4-6-9/h2-6,11H,7H2,1H3/t11-/m1/s1. The Morgan fingerprint density at radius 2 is 2.12 bits per heavy atom. The van der Waals surface area contributed by atoms with E-state index < -0.39 is 0 Å². The number of fused-ring (bicyclic) bond motifs is 1. The smallest absolute Gasteiger partial charge is 0.234 e. The summed E-state index contributed by atoms with van der Waals surface area (Å²) in [5.41, 5.74) is 1.98. The summed E-state index contributed by atoms with van der Waals surface area (Å²) in [4.78, 5) is 0. The highest BCUT2D eigenvalue weighted by Crippen LogP contribution is 2.37. The van der Waals surface area contributed by atoms with E-state index in [4.69, 9.17) is 4.42 Å². The molecule has 1 aliphatic heterocycles. The Morgan fingerprint density at radius 3 is 2.88 bits per heavy atom. The van der Waals surface area contributed by atoms with Crippen molar-refractivity contribution in [1.29, 1.82) is 0 Å². The molecule has 0 unspecified atom stereocenters. The van der Waals surface area contributed by atoms with Crippen LogP contribution in [0.15, 0.2) is 34.7 Å². The van der Waals surface area contributed by atoms with Gasteiger partial charge in [-0.15, -0.1) is 0 Å². The molecular weight excluding hydrogens is 222 g/mol. The number of oxazole rings is 1. The molecule has 0 spiro atoms. The maximum atomic E-state index is 11.5. The SMILES string of the molecule is Cc1oc([O-])c2[n+]1[C@@H](c1ccccc1)SC2. The van der Waals surface area contributed by atoms with Crippen molar-refractivity contribution in [3.8, 4) is 5.95 Å². The lowest BCUT2D eigenvalue weighted by Gasteiger charge is -2.05. The second kappa shape index (κ2) is 3.56. The molecule has 1 aliphatic rings. The average molecular weight is 233 g/mol. The summed E-state index contributed by atoms with van der Waals surface area (Å²) in [6.45, 7) is 1.84. The fourth-order valence-electron chi connectivity index (χ4n) is 2.06. The molecule has 0 N–H and O–H groups in total. The molecule has 82 valence electrons. The van der Waals surface area contributed by atoms with Crippen LogP contribution in [0, 0.1) is 6.92 Å². The molecule has 0 radical (unpaired) electrons. The van der Waals surface area contributed by atoms with Gasteiger partial charge in [0.1, 0.15) is 5.95 Å². The highest BCUT2D eigenvalue weighted by molar-refractivity contribution is 7.98. The van der Waals surface area contributed by atoms with Gasteiger partial charge in [-0.05, 0) is 0 Å². The van der Waals surface area contributed by atoms with Gasteiger partial charge in [-0.3, -0.25) is 0 Å². The molecule has 0 aliphatic carbocycles. The Bertz CT molecular complexity index is 521. The highest BCUT2D eigenvalue weighted by atomic mass is 32.2. The molecular formula is C12H11NO2S. The predicted molar refractivity (Wildman–Crippen MR) is 59.0 cm³/mol. The third-order valence-corrected chi connectivity index (χ3v) is 4.04. The van der Waals surface area contributed by atoms with E-state index in [-0.39, 0.29) is 11.3 Å². The lowest BCUT2D eigenvalue weighted by molar-refractivity contribution is -0.702. The molecule has 1 atom stereocenters. The Morgan fingerprint density at radius 1 is 1.38 bits per heavy atom. The van der Waals surface area contributed by atoms with Crippen molar-refractivity contribution in [2.45, 2.75) is 18.1 Å². The van der Waals surface area contributed by atoms with Crippen LogP contribution >= 0.6 is 11.8 Å². The number of hydrogen-bond acceptors (Lipinski definition) is 3. The van der Waals surface area contributed by atoms with Crippen molar-refractivity contribution < 1.29 is 14.1 Å². The van der Waals surface area contributed by atoms with Gasteiger partial charge < -0.3 is 9.52 Å². The van der Waals surface area contributed by atoms with Crippen LogP contribution in [0.5, 0.6) is 5.95 Å². The van der Waals surface area contributed by atoms with Gasteiger partial charge in [-0.25, -0.2) is 0 Å². The molecule has 0 amide bonds. The number of hydrogen-bond donors (Lipinski definition) is 0. The minimum Gasteiger partial charge on any atom is -0.540 e. The highest BCUT2D eigenvalue weighted by Gasteiger charge is 2.36. The van der Waals surface area contributed by atoms with Crippen LogP contribution in [0.4, 0.5) is 0 Å². The fraction of sp³-hybridized carbons (Fsp3) is 0.250. The van der Waals surface area contributed by atoms with Crippen LogP contribution in [0.25, 0.3) is 0 Å². The maximum absolute atomic E-state index is 11.5. The number of benzene rings is 1. The van der Waals surface area contributed by atoms with Crippen molar-refractivity contribution in [2.75, 3.05) is 0 Å². The van der Waals surface area contributed by atoms with Gasteiger partial charge in [0.2, 0.25) is 17.0 Å². The number of aromatic nitrogens is 1. The predicted octanol–water partition coefficient (Wildman–Crippen LogP) is 1.74. The van der Waals surface area contributed by atoms with Crippen molar-refractivity contribution in [2.24, 2.45) is 0 Å². The first-order chi connectivity index (χ1) is 7.77. The van der Waals surface area contributed by atoms with E-state index in [9.17, 15) is 5.11 Å². The molecule has 0 fully saturated rings. The topological polar surface area (TPSA) is 40.1 Å². The minimum absolute atomic E-state index is 0.183. The first kappa shape index (κ1) is 9.78. The number of rotatable bonds is 1. The fourth-order valence-corrected chi connectivity index (χ4v) is 3.41. The van der Waals surface area contributed by atoms with Gasteiger partial charge in [0.15, 0.2) is 0 Å². The molecule has 3 rings (SSSR count). The van der Waals surface area contributed by atoms with E-state index in [0.717, 1.165) is 11.4 Å². The zero-order valence-corrected chi connectivity index (χ0v) is 9.66. The molecule has 1 aromatic carbocycles. The Hall–Kier alpha value is -1.42. The zero-order chi connectivity index (χ0) is 11.1. The number of aryl methyl sites for hydroxylation is 1. The lowest BCUT2D eigenvalue weighted by atomic mass is 10.2. The summed E-state index contributed by atoms with van der Waals surface area (Å²) < 4.78 is 7.14. The maximum Gasteiger partial charge on any atom is 0.234 e. The van der Waals surface area contributed by atoms with Crippen molar-refractivity contribution >= 4 is 11.8 Å². The molecule has 0 saturated carbocycles. The molecule has 4 heteroatoms. The summed E-state index contributed by atoms with van der Waals surface area (Å²) in [7, 11) is 0. The van der Waals surface area contributed by atoms with Crippen molar-refractivity contribution in [1.82, 2.24) is 0 Å². The van der Waals surface area contributed by atoms with Crippen molar-refractivity contribution in [3.05, 3.63) is 47.5 Å². The summed E-state index contributed by atoms with van der Waals surface area (Å²) in [5, 5.41) is 11.7. The van der Waals surface area contributed by atoms with E-state index in [1.54, 1.807) is 11.8 Å². The van der Waals surface area contributed by atoms with E-state index in [1.165, 1.54) is 5.56 Å². The number of thioether (sulfide) groups is 1. The normalized spacial score (nSPS) is 18.7. The quantitative estimate of drug-likeness (QED) is 0.704. The Labute approximate surface area is 97.7 Å². The van der Waals surface area contributed by atoms with Crippen LogP contribution in [-0.2, 0) is 5.75 Å². The minimum atomic E-state index is -0.191. The third kappa shape index (κ3) is 1.33. The molecule has 2 aromatic rings. The number of nitrogens with zero attached hydrogens (tertiary/aromatic N) is 1. The molecule has 1 aromatic heterocycles. The second-order valence-corrected chi connectivity index (χ2v) is 4.87.